The number of benzene rings is 2. The highest BCUT2D eigenvalue weighted by Gasteiger charge is 2.11. The minimum Gasteiger partial charge on any atom is -0.399 e. The third-order valence-electron chi connectivity index (χ3n) is 3.65. The van der Waals surface area contributed by atoms with Crippen LogP contribution in [0.25, 0.3) is 5.69 Å². The zero-order valence-corrected chi connectivity index (χ0v) is 12.5. The highest BCUT2D eigenvalue weighted by Crippen LogP contribution is 2.13. The normalized spacial score (nSPS) is 10.8. The van der Waals surface area contributed by atoms with Gasteiger partial charge in [-0.25, -0.2) is 4.79 Å². The number of nitrogen functional groups attached to an aromatic ring is 1. The van der Waals surface area contributed by atoms with Gasteiger partial charge in [0, 0.05) is 5.69 Å². The molecule has 6 nitrogen and oxygen atoms in total. The van der Waals surface area contributed by atoms with E-state index in [0.29, 0.717) is 6.54 Å². The molecule has 0 saturated heterocycles. The van der Waals surface area contributed by atoms with E-state index in [9.17, 15) is 4.79 Å². The Kier molecular flexibility index (Phi) is 3.50. The van der Waals surface area contributed by atoms with Crippen LogP contribution in [0.1, 0.15) is 16.7 Å². The summed E-state index contributed by atoms with van der Waals surface area (Å²) in [6.45, 7) is 4.24. The molecule has 3 rings (SSSR count). The lowest BCUT2D eigenvalue weighted by Crippen LogP contribution is -2.25. The average Bonchev–Trinajstić information content (AvgIpc) is 2.85. The van der Waals surface area contributed by atoms with Crippen molar-refractivity contribution in [2.45, 2.75) is 20.4 Å². The van der Waals surface area contributed by atoms with Gasteiger partial charge in [-0.05, 0) is 53.1 Å². The standard InChI is InChI=1S/C16H17N5O/c1-11-5-3-4-6-15(11)21-16(22)20(18-19-21)10-13-7-8-14(17)12(2)9-13/h3-9H,10,17H2,1-2H3. The molecule has 2 aromatic carbocycles. The maximum atomic E-state index is 12.5. The Bertz CT molecular complexity index is 878. The molecule has 3 aromatic rings. The van der Waals surface area contributed by atoms with Gasteiger partial charge in [0.2, 0.25) is 0 Å². The maximum Gasteiger partial charge on any atom is 0.368 e. The number of nitrogens with zero attached hydrogens (tertiary/aromatic N) is 4. The SMILES string of the molecule is Cc1cc(Cn2nnn(-c3ccccc3C)c2=O)ccc1N. The van der Waals surface area contributed by atoms with E-state index in [1.165, 1.54) is 9.36 Å². The van der Waals surface area contributed by atoms with Crippen LogP contribution in [0.2, 0.25) is 0 Å². The molecule has 0 radical (unpaired) electrons. The molecule has 6 heteroatoms. The zero-order valence-electron chi connectivity index (χ0n) is 12.5. The molecule has 0 fully saturated rings. The summed E-state index contributed by atoms with van der Waals surface area (Å²) in [4.78, 5) is 12.5. The molecule has 1 heterocycles. The van der Waals surface area contributed by atoms with Crippen molar-refractivity contribution >= 4 is 5.69 Å². The van der Waals surface area contributed by atoms with Crippen LogP contribution in [0, 0.1) is 13.8 Å². The van der Waals surface area contributed by atoms with Crippen molar-refractivity contribution in [1.82, 2.24) is 19.8 Å². The van der Waals surface area contributed by atoms with Gasteiger partial charge >= 0.3 is 5.69 Å². The van der Waals surface area contributed by atoms with Crippen molar-refractivity contribution in [2.24, 2.45) is 0 Å². The number of rotatable bonds is 3. The van der Waals surface area contributed by atoms with Crippen molar-refractivity contribution < 1.29 is 0 Å². The van der Waals surface area contributed by atoms with Crippen LogP contribution < -0.4 is 11.4 Å². The summed E-state index contributed by atoms with van der Waals surface area (Å²) < 4.78 is 2.66. The Morgan fingerprint density at radius 2 is 1.82 bits per heavy atom. The van der Waals surface area contributed by atoms with Crippen molar-refractivity contribution in [3.63, 3.8) is 0 Å². The Labute approximate surface area is 127 Å². The molecule has 0 aliphatic heterocycles. The topological polar surface area (TPSA) is 78.7 Å². The van der Waals surface area contributed by atoms with Crippen LogP contribution in [0.4, 0.5) is 5.69 Å². The molecule has 0 saturated carbocycles. The molecule has 2 N–H and O–H groups in total. The minimum atomic E-state index is -0.260. The summed E-state index contributed by atoms with van der Waals surface area (Å²) in [6.07, 6.45) is 0. The second-order valence-electron chi connectivity index (χ2n) is 5.31. The molecule has 0 amide bonds. The smallest absolute Gasteiger partial charge is 0.368 e. The number of aryl methyl sites for hydroxylation is 2. The van der Waals surface area contributed by atoms with E-state index < -0.39 is 0 Å². The average molecular weight is 295 g/mol. The van der Waals surface area contributed by atoms with E-state index in [0.717, 1.165) is 28.1 Å². The monoisotopic (exact) mass is 295 g/mol. The predicted octanol–water partition coefficient (Wildman–Crippen LogP) is 1.68. The van der Waals surface area contributed by atoms with Gasteiger partial charge in [-0.1, -0.05) is 30.3 Å². The van der Waals surface area contributed by atoms with Crippen molar-refractivity contribution in [1.29, 1.82) is 0 Å². The second-order valence-corrected chi connectivity index (χ2v) is 5.31. The van der Waals surface area contributed by atoms with Crippen LogP contribution >= 0.6 is 0 Å². The van der Waals surface area contributed by atoms with E-state index in [4.69, 9.17) is 5.73 Å². The number of hydrogen-bond acceptors (Lipinski definition) is 4. The zero-order chi connectivity index (χ0) is 15.7. The van der Waals surface area contributed by atoms with Gasteiger partial charge in [0.15, 0.2) is 0 Å². The van der Waals surface area contributed by atoms with E-state index in [-0.39, 0.29) is 5.69 Å². The Morgan fingerprint density at radius 3 is 2.55 bits per heavy atom. The fraction of sp³-hybridized carbons (Fsp3) is 0.188. The first-order chi connectivity index (χ1) is 10.6. The first kappa shape index (κ1) is 14.1. The summed E-state index contributed by atoms with van der Waals surface area (Å²) >= 11 is 0. The molecule has 0 unspecified atom stereocenters. The number of para-hydroxylation sites is 1. The lowest BCUT2D eigenvalue weighted by Gasteiger charge is -2.04. The first-order valence-corrected chi connectivity index (χ1v) is 7.00. The summed E-state index contributed by atoms with van der Waals surface area (Å²) in [5.41, 5.74) is 9.95. The number of tetrazole rings is 1. The van der Waals surface area contributed by atoms with E-state index >= 15 is 0 Å². The summed E-state index contributed by atoms with van der Waals surface area (Å²) in [6, 6.07) is 13.3. The van der Waals surface area contributed by atoms with Crippen LogP contribution in [0.3, 0.4) is 0 Å². The van der Waals surface area contributed by atoms with Crippen LogP contribution in [-0.4, -0.2) is 19.8 Å². The molecule has 0 atom stereocenters. The Hall–Kier alpha value is -2.89. The number of anilines is 1. The van der Waals surface area contributed by atoms with Crippen molar-refractivity contribution in [3.8, 4) is 5.69 Å². The maximum absolute atomic E-state index is 12.5. The summed E-state index contributed by atoms with van der Waals surface area (Å²) in [5.74, 6) is 0. The quantitative estimate of drug-likeness (QED) is 0.746. The minimum absolute atomic E-state index is 0.260. The van der Waals surface area contributed by atoms with Gasteiger partial charge < -0.3 is 5.73 Å². The Balaban J connectivity index is 1.96. The lowest BCUT2D eigenvalue weighted by atomic mass is 10.1. The van der Waals surface area contributed by atoms with Crippen molar-refractivity contribution in [3.05, 3.63) is 69.6 Å². The molecular weight excluding hydrogens is 278 g/mol. The lowest BCUT2D eigenvalue weighted by molar-refractivity contribution is 0.631. The molecule has 112 valence electrons. The van der Waals surface area contributed by atoms with Crippen LogP contribution in [0.15, 0.2) is 47.3 Å². The molecule has 0 bridgehead atoms. The highest BCUT2D eigenvalue weighted by molar-refractivity contribution is 5.47. The third-order valence-corrected chi connectivity index (χ3v) is 3.65. The molecule has 0 aliphatic rings. The second kappa shape index (κ2) is 5.48. The van der Waals surface area contributed by atoms with E-state index in [1.54, 1.807) is 0 Å². The molecule has 0 aliphatic carbocycles. The van der Waals surface area contributed by atoms with Crippen LogP contribution in [0.5, 0.6) is 0 Å². The van der Waals surface area contributed by atoms with Gasteiger partial charge in [0.25, 0.3) is 0 Å². The number of hydrogen-bond donors (Lipinski definition) is 1. The van der Waals surface area contributed by atoms with Gasteiger partial charge in [0.05, 0.1) is 12.2 Å². The van der Waals surface area contributed by atoms with Crippen LogP contribution in [-0.2, 0) is 6.54 Å². The largest absolute Gasteiger partial charge is 0.399 e. The van der Waals surface area contributed by atoms with Gasteiger partial charge in [-0.3, -0.25) is 0 Å². The van der Waals surface area contributed by atoms with Gasteiger partial charge in [-0.15, -0.1) is 0 Å². The molecule has 1 aromatic heterocycles. The van der Waals surface area contributed by atoms with Gasteiger partial charge in [0.1, 0.15) is 0 Å². The fourth-order valence-corrected chi connectivity index (χ4v) is 2.33. The van der Waals surface area contributed by atoms with Crippen molar-refractivity contribution in [2.75, 3.05) is 5.73 Å². The van der Waals surface area contributed by atoms with Gasteiger partial charge in [-0.2, -0.15) is 9.36 Å². The van der Waals surface area contributed by atoms with E-state index in [1.807, 2.05) is 56.3 Å². The van der Waals surface area contributed by atoms with E-state index in [2.05, 4.69) is 10.4 Å². The third kappa shape index (κ3) is 2.50. The summed E-state index contributed by atoms with van der Waals surface area (Å²) in [7, 11) is 0. The number of nitrogens with two attached hydrogens (primary N) is 1. The highest BCUT2D eigenvalue weighted by atomic mass is 16.2. The molecular formula is C16H17N5O. The molecule has 0 spiro atoms. The fourth-order valence-electron chi connectivity index (χ4n) is 2.33. The Morgan fingerprint density at radius 1 is 1.05 bits per heavy atom. The summed E-state index contributed by atoms with van der Waals surface area (Å²) in [5, 5.41) is 7.94. The number of aromatic nitrogens is 4. The first-order valence-electron chi connectivity index (χ1n) is 7.00. The predicted molar refractivity (Wildman–Crippen MR) is 85.0 cm³/mol. The molecule has 22 heavy (non-hydrogen) atoms.